The summed E-state index contributed by atoms with van der Waals surface area (Å²) in [6.45, 7) is 1.94. The monoisotopic (exact) mass is 329 g/mol. The first-order valence-electron chi connectivity index (χ1n) is 6.62. The Hall–Kier alpha value is -2.17. The Labute approximate surface area is 137 Å². The van der Waals surface area contributed by atoms with Crippen molar-refractivity contribution < 1.29 is 9.53 Å². The van der Waals surface area contributed by atoms with Gasteiger partial charge in [-0.2, -0.15) is 0 Å². The number of aryl methyl sites for hydroxylation is 1. The van der Waals surface area contributed by atoms with Crippen LogP contribution in [0.3, 0.4) is 0 Å². The molecule has 0 aliphatic carbocycles. The van der Waals surface area contributed by atoms with E-state index in [-0.39, 0.29) is 0 Å². The Morgan fingerprint density at radius 1 is 1.18 bits per heavy atom. The smallest absolute Gasteiger partial charge is 0.363 e. The highest BCUT2D eigenvalue weighted by atomic mass is 35.5. The lowest BCUT2D eigenvalue weighted by Gasteiger charge is -2.02. The fourth-order valence-electron chi connectivity index (χ4n) is 1.96. The number of halogens is 1. The van der Waals surface area contributed by atoms with Crippen LogP contribution in [0.5, 0.6) is 5.75 Å². The molecule has 1 aromatic heterocycles. The number of nitrogens with zero attached hydrogens (tertiary/aromatic N) is 1. The zero-order valence-electron chi connectivity index (χ0n) is 11.7. The predicted octanol–water partition coefficient (Wildman–Crippen LogP) is 4.99. The maximum Gasteiger partial charge on any atom is 0.363 e. The summed E-state index contributed by atoms with van der Waals surface area (Å²) in [7, 11) is 0. The Balaban J connectivity index is 1.80. The first kappa shape index (κ1) is 14.8. The van der Waals surface area contributed by atoms with Crippen molar-refractivity contribution >= 4 is 28.9 Å². The Kier molecular flexibility index (Phi) is 4.22. The van der Waals surface area contributed by atoms with Crippen molar-refractivity contribution in [2.75, 3.05) is 0 Å². The van der Waals surface area contributed by atoms with E-state index in [4.69, 9.17) is 16.3 Å². The van der Waals surface area contributed by atoms with Crippen molar-refractivity contribution in [3.63, 3.8) is 0 Å². The molecular formula is C17H12ClNO2S. The Bertz CT molecular complexity index is 829. The molecule has 0 fully saturated rings. The molecule has 0 aliphatic rings. The van der Waals surface area contributed by atoms with Crippen LogP contribution in [0.4, 0.5) is 0 Å². The van der Waals surface area contributed by atoms with Crippen LogP contribution >= 0.6 is 22.9 Å². The van der Waals surface area contributed by atoms with Gasteiger partial charge in [-0.25, -0.2) is 9.78 Å². The highest BCUT2D eigenvalue weighted by Gasteiger charge is 2.14. The largest absolute Gasteiger partial charge is 0.422 e. The van der Waals surface area contributed by atoms with Crippen LogP contribution in [0.2, 0.25) is 5.02 Å². The van der Waals surface area contributed by atoms with Crippen molar-refractivity contribution in [3.05, 3.63) is 70.2 Å². The number of ether oxygens (including phenoxy) is 1. The van der Waals surface area contributed by atoms with E-state index in [1.165, 1.54) is 11.3 Å². The van der Waals surface area contributed by atoms with Gasteiger partial charge in [0.15, 0.2) is 5.69 Å². The van der Waals surface area contributed by atoms with Gasteiger partial charge < -0.3 is 4.74 Å². The lowest BCUT2D eigenvalue weighted by Crippen LogP contribution is -2.08. The molecule has 3 nitrogen and oxygen atoms in total. The molecular weight excluding hydrogens is 318 g/mol. The fourth-order valence-corrected chi connectivity index (χ4v) is 2.94. The van der Waals surface area contributed by atoms with Crippen molar-refractivity contribution in [3.8, 4) is 16.3 Å². The molecule has 0 amide bonds. The van der Waals surface area contributed by atoms with Gasteiger partial charge in [-0.15, -0.1) is 11.3 Å². The van der Waals surface area contributed by atoms with Gasteiger partial charge in [-0.05, 0) is 36.8 Å². The first-order chi connectivity index (χ1) is 10.6. The third kappa shape index (κ3) is 3.35. The molecule has 0 bridgehead atoms. The highest BCUT2D eigenvalue weighted by Crippen LogP contribution is 2.26. The van der Waals surface area contributed by atoms with E-state index in [9.17, 15) is 4.79 Å². The topological polar surface area (TPSA) is 39.2 Å². The minimum absolute atomic E-state index is 0.293. The number of hydrogen-bond donors (Lipinski definition) is 0. The number of benzene rings is 2. The van der Waals surface area contributed by atoms with Gasteiger partial charge in [0.1, 0.15) is 10.8 Å². The van der Waals surface area contributed by atoms with E-state index >= 15 is 0 Å². The van der Waals surface area contributed by atoms with E-state index in [2.05, 4.69) is 4.98 Å². The number of hydrogen-bond acceptors (Lipinski definition) is 4. The summed E-state index contributed by atoms with van der Waals surface area (Å²) >= 11 is 7.35. The summed E-state index contributed by atoms with van der Waals surface area (Å²) in [5, 5.41) is 3.06. The van der Waals surface area contributed by atoms with Crippen LogP contribution in [0.15, 0.2) is 53.9 Å². The summed E-state index contributed by atoms with van der Waals surface area (Å²) in [5.41, 5.74) is 2.21. The Morgan fingerprint density at radius 3 is 2.77 bits per heavy atom. The molecule has 5 heteroatoms. The normalized spacial score (nSPS) is 10.5. The van der Waals surface area contributed by atoms with Gasteiger partial charge in [0, 0.05) is 16.0 Å². The molecule has 2 aromatic carbocycles. The maximum absolute atomic E-state index is 12.1. The highest BCUT2D eigenvalue weighted by molar-refractivity contribution is 7.13. The zero-order chi connectivity index (χ0) is 15.5. The van der Waals surface area contributed by atoms with Crippen LogP contribution < -0.4 is 4.74 Å². The van der Waals surface area contributed by atoms with E-state index in [0.717, 1.165) is 16.1 Å². The molecule has 0 aliphatic heterocycles. The molecule has 3 rings (SSSR count). The summed E-state index contributed by atoms with van der Waals surface area (Å²) in [6, 6.07) is 14.7. The molecule has 0 saturated heterocycles. The van der Waals surface area contributed by atoms with E-state index in [1.54, 1.807) is 17.5 Å². The lowest BCUT2D eigenvalue weighted by atomic mass is 10.2. The summed E-state index contributed by atoms with van der Waals surface area (Å²) < 4.78 is 5.33. The molecule has 0 unspecified atom stereocenters. The van der Waals surface area contributed by atoms with Gasteiger partial charge in [-0.1, -0.05) is 35.9 Å². The molecule has 0 atom stereocenters. The third-order valence-electron chi connectivity index (χ3n) is 2.98. The first-order valence-corrected chi connectivity index (χ1v) is 7.88. The second-order valence-corrected chi connectivity index (χ2v) is 6.05. The van der Waals surface area contributed by atoms with E-state index in [1.807, 2.05) is 43.3 Å². The molecule has 0 saturated carbocycles. The molecule has 0 spiro atoms. The van der Waals surface area contributed by atoms with Crippen molar-refractivity contribution in [2.45, 2.75) is 6.92 Å². The third-order valence-corrected chi connectivity index (χ3v) is 4.11. The zero-order valence-corrected chi connectivity index (χ0v) is 13.3. The average molecular weight is 330 g/mol. The lowest BCUT2D eigenvalue weighted by molar-refractivity contribution is 0.0729. The maximum atomic E-state index is 12.1. The number of rotatable bonds is 3. The molecule has 3 aromatic rings. The standard InChI is InChI=1S/C17H12ClNO2S/c1-11-4-2-7-14(8-11)21-17(20)15-10-22-16(19-15)12-5-3-6-13(18)9-12/h2-10H,1H3. The van der Waals surface area contributed by atoms with E-state index in [0.29, 0.717) is 16.5 Å². The van der Waals surface area contributed by atoms with Crippen LogP contribution in [-0.4, -0.2) is 11.0 Å². The molecule has 0 radical (unpaired) electrons. The summed E-state index contributed by atoms with van der Waals surface area (Å²) in [6.07, 6.45) is 0. The van der Waals surface area contributed by atoms with Crippen LogP contribution in [0.1, 0.15) is 16.1 Å². The van der Waals surface area contributed by atoms with E-state index < -0.39 is 5.97 Å². The minimum atomic E-state index is -0.463. The quantitative estimate of drug-likeness (QED) is 0.502. The summed E-state index contributed by atoms with van der Waals surface area (Å²) in [5.74, 6) is 0.0532. The van der Waals surface area contributed by atoms with Gasteiger partial charge in [0.25, 0.3) is 0 Å². The number of carbonyl (C=O) groups is 1. The number of aromatic nitrogens is 1. The second kappa shape index (κ2) is 6.30. The van der Waals surface area contributed by atoms with Gasteiger partial charge >= 0.3 is 5.97 Å². The second-order valence-electron chi connectivity index (χ2n) is 4.75. The molecule has 110 valence electrons. The minimum Gasteiger partial charge on any atom is -0.422 e. The number of thiazole rings is 1. The van der Waals surface area contributed by atoms with Crippen LogP contribution in [0, 0.1) is 6.92 Å². The summed E-state index contributed by atoms with van der Waals surface area (Å²) in [4.78, 5) is 16.5. The average Bonchev–Trinajstić information content (AvgIpc) is 2.97. The van der Waals surface area contributed by atoms with Crippen molar-refractivity contribution in [2.24, 2.45) is 0 Å². The number of carbonyl (C=O) groups excluding carboxylic acids is 1. The van der Waals surface area contributed by atoms with Crippen molar-refractivity contribution in [1.82, 2.24) is 4.98 Å². The van der Waals surface area contributed by atoms with Crippen LogP contribution in [0.25, 0.3) is 10.6 Å². The predicted molar refractivity (Wildman–Crippen MR) is 88.7 cm³/mol. The molecule has 1 heterocycles. The number of esters is 1. The van der Waals surface area contributed by atoms with Gasteiger partial charge in [0.2, 0.25) is 0 Å². The SMILES string of the molecule is Cc1cccc(OC(=O)c2csc(-c3cccc(Cl)c3)n2)c1. The van der Waals surface area contributed by atoms with Gasteiger partial charge in [-0.3, -0.25) is 0 Å². The molecule has 22 heavy (non-hydrogen) atoms. The van der Waals surface area contributed by atoms with Gasteiger partial charge in [0.05, 0.1) is 0 Å². The molecule has 0 N–H and O–H groups in total. The van der Waals surface area contributed by atoms with Crippen LogP contribution in [-0.2, 0) is 0 Å². The fraction of sp³-hybridized carbons (Fsp3) is 0.0588. The Morgan fingerprint density at radius 2 is 2.00 bits per heavy atom. The van der Waals surface area contributed by atoms with Crippen molar-refractivity contribution in [1.29, 1.82) is 0 Å².